The number of aryl methyl sites for hydroxylation is 1. The van der Waals surface area contributed by atoms with E-state index in [1.165, 1.54) is 4.88 Å². The van der Waals surface area contributed by atoms with Crippen LogP contribution < -0.4 is 5.43 Å². The zero-order chi connectivity index (χ0) is 12.5. The zero-order valence-corrected chi connectivity index (χ0v) is 10.9. The van der Waals surface area contributed by atoms with Crippen LogP contribution in [-0.2, 0) is 0 Å². The maximum atomic E-state index is 9.91. The van der Waals surface area contributed by atoms with Crippen LogP contribution in [0.5, 0.6) is 5.75 Å². The van der Waals surface area contributed by atoms with Crippen molar-refractivity contribution in [2.45, 2.75) is 19.4 Å². The van der Waals surface area contributed by atoms with Crippen LogP contribution in [0.3, 0.4) is 0 Å². The van der Waals surface area contributed by atoms with Crippen LogP contribution in [0.15, 0.2) is 40.8 Å². The Morgan fingerprint density at radius 3 is 3.06 bits per heavy atom. The van der Waals surface area contributed by atoms with Crippen molar-refractivity contribution in [3.63, 3.8) is 0 Å². The van der Waals surface area contributed by atoms with Crippen molar-refractivity contribution in [2.75, 3.05) is 0 Å². The molecule has 0 unspecified atom stereocenters. The van der Waals surface area contributed by atoms with Gasteiger partial charge in [-0.2, -0.15) is 5.10 Å². The van der Waals surface area contributed by atoms with Crippen LogP contribution >= 0.6 is 11.3 Å². The van der Waals surface area contributed by atoms with Crippen LogP contribution in [0.25, 0.3) is 0 Å². The summed E-state index contributed by atoms with van der Waals surface area (Å²) in [5.41, 5.74) is 6.03. The molecule has 92 valence electrons. The Morgan fingerprint density at radius 1 is 1.39 bits per heavy atom. The first-order valence-electron chi connectivity index (χ1n) is 5.89. The molecule has 2 N–H and O–H groups in total. The third-order valence-electron chi connectivity index (χ3n) is 3.10. The summed E-state index contributed by atoms with van der Waals surface area (Å²) in [6.07, 6.45) is 0.817. The number of hydrazone groups is 1. The number of hydrogen-bond acceptors (Lipinski definition) is 4. The first kappa shape index (κ1) is 11.3. The normalized spacial score (nSPS) is 18.5. The quantitative estimate of drug-likeness (QED) is 0.868. The number of rotatable bonds is 2. The highest BCUT2D eigenvalue weighted by Crippen LogP contribution is 2.30. The van der Waals surface area contributed by atoms with Crippen molar-refractivity contribution >= 4 is 17.0 Å². The topological polar surface area (TPSA) is 44.6 Å². The fraction of sp³-hybridized carbons (Fsp3) is 0.214. The lowest BCUT2D eigenvalue weighted by Gasteiger charge is -2.07. The largest absolute Gasteiger partial charge is 0.507 e. The average Bonchev–Trinajstić information content (AvgIpc) is 3.00. The van der Waals surface area contributed by atoms with E-state index in [-0.39, 0.29) is 6.04 Å². The molecular weight excluding hydrogens is 244 g/mol. The minimum absolute atomic E-state index is 0.236. The summed E-state index contributed by atoms with van der Waals surface area (Å²) >= 11 is 1.73. The third kappa shape index (κ3) is 1.99. The molecule has 3 rings (SSSR count). The van der Waals surface area contributed by atoms with Crippen molar-refractivity contribution in [3.8, 4) is 5.75 Å². The molecule has 0 radical (unpaired) electrons. The van der Waals surface area contributed by atoms with Gasteiger partial charge in [-0.15, -0.1) is 11.3 Å². The van der Waals surface area contributed by atoms with E-state index in [1.807, 2.05) is 25.1 Å². The number of nitrogens with one attached hydrogen (secondary N) is 1. The van der Waals surface area contributed by atoms with Crippen LogP contribution in [0.4, 0.5) is 0 Å². The molecule has 1 aliphatic heterocycles. The Kier molecular flexibility index (Phi) is 2.80. The van der Waals surface area contributed by atoms with Crippen LogP contribution in [-0.4, -0.2) is 10.8 Å². The minimum atomic E-state index is 0.236. The van der Waals surface area contributed by atoms with Gasteiger partial charge in [-0.25, -0.2) is 0 Å². The number of phenolic OH excluding ortho intramolecular Hbond substituents is 1. The Morgan fingerprint density at radius 2 is 2.28 bits per heavy atom. The van der Waals surface area contributed by atoms with Gasteiger partial charge in [0.1, 0.15) is 5.75 Å². The predicted octanol–water partition coefficient (Wildman–Crippen LogP) is 3.20. The summed E-state index contributed by atoms with van der Waals surface area (Å²) in [4.78, 5) is 1.28. The monoisotopic (exact) mass is 258 g/mol. The molecule has 18 heavy (non-hydrogen) atoms. The molecule has 1 aromatic carbocycles. The summed E-state index contributed by atoms with van der Waals surface area (Å²) in [6.45, 7) is 2.02. The number of aromatic hydroxyl groups is 1. The third-order valence-corrected chi connectivity index (χ3v) is 4.09. The Labute approximate surface area is 110 Å². The van der Waals surface area contributed by atoms with Gasteiger partial charge in [-0.1, -0.05) is 17.7 Å². The van der Waals surface area contributed by atoms with Crippen molar-refractivity contribution < 1.29 is 5.11 Å². The van der Waals surface area contributed by atoms with Crippen LogP contribution in [0.2, 0.25) is 0 Å². The molecule has 0 aliphatic carbocycles. The van der Waals surface area contributed by atoms with Gasteiger partial charge in [0.25, 0.3) is 0 Å². The van der Waals surface area contributed by atoms with Gasteiger partial charge in [-0.3, -0.25) is 0 Å². The minimum Gasteiger partial charge on any atom is -0.507 e. The summed E-state index contributed by atoms with van der Waals surface area (Å²) in [6, 6.07) is 10.00. The summed E-state index contributed by atoms with van der Waals surface area (Å²) in [5, 5.41) is 16.3. The van der Waals surface area contributed by atoms with Gasteiger partial charge in [0, 0.05) is 16.9 Å². The Bertz CT molecular complexity index is 590. The first-order chi connectivity index (χ1) is 8.74. The highest BCUT2D eigenvalue weighted by Gasteiger charge is 2.23. The molecule has 2 heterocycles. The Balaban J connectivity index is 1.85. The van der Waals surface area contributed by atoms with Gasteiger partial charge in [0.2, 0.25) is 0 Å². The molecule has 2 aromatic rings. The number of hydrogen-bond donors (Lipinski definition) is 2. The maximum Gasteiger partial charge on any atom is 0.124 e. The molecule has 0 fully saturated rings. The van der Waals surface area contributed by atoms with E-state index in [4.69, 9.17) is 0 Å². The number of nitrogens with zero attached hydrogens (tertiary/aromatic N) is 1. The van der Waals surface area contributed by atoms with Gasteiger partial charge in [0.15, 0.2) is 0 Å². The molecular formula is C14H14N2OS. The van der Waals surface area contributed by atoms with Crippen molar-refractivity contribution in [1.82, 2.24) is 5.43 Å². The SMILES string of the molecule is Cc1ccc(O)c(C2=NN[C@H](c3cccs3)C2)c1. The molecule has 1 aliphatic rings. The molecule has 0 saturated carbocycles. The highest BCUT2D eigenvalue weighted by molar-refractivity contribution is 7.10. The molecule has 1 aromatic heterocycles. The molecule has 0 spiro atoms. The lowest BCUT2D eigenvalue weighted by molar-refractivity contribution is 0.474. The van der Waals surface area contributed by atoms with Gasteiger partial charge in [0.05, 0.1) is 11.8 Å². The second-order valence-electron chi connectivity index (χ2n) is 4.48. The number of thiophene rings is 1. The fourth-order valence-corrected chi connectivity index (χ4v) is 2.92. The van der Waals surface area contributed by atoms with Crippen molar-refractivity contribution in [1.29, 1.82) is 0 Å². The van der Waals surface area contributed by atoms with E-state index < -0.39 is 0 Å². The number of phenols is 1. The molecule has 4 heteroatoms. The zero-order valence-electron chi connectivity index (χ0n) is 10.1. The summed E-state index contributed by atoms with van der Waals surface area (Å²) < 4.78 is 0. The second-order valence-corrected chi connectivity index (χ2v) is 5.46. The molecule has 0 bridgehead atoms. The van der Waals surface area contributed by atoms with Gasteiger partial charge < -0.3 is 10.5 Å². The fourth-order valence-electron chi connectivity index (χ4n) is 2.15. The molecule has 3 nitrogen and oxygen atoms in total. The van der Waals surface area contributed by atoms with Crippen LogP contribution in [0.1, 0.15) is 28.5 Å². The van der Waals surface area contributed by atoms with E-state index in [0.717, 1.165) is 23.3 Å². The average molecular weight is 258 g/mol. The lowest BCUT2D eigenvalue weighted by atomic mass is 10.0. The standard InChI is InChI=1S/C14H14N2OS/c1-9-4-5-13(17)10(7-9)11-8-12(16-15-11)14-3-2-6-18-14/h2-7,12,16-17H,8H2,1H3/t12-/m0/s1. The predicted molar refractivity (Wildman–Crippen MR) is 74.2 cm³/mol. The lowest BCUT2D eigenvalue weighted by Crippen LogP contribution is -2.07. The van der Waals surface area contributed by atoms with Gasteiger partial charge >= 0.3 is 0 Å². The van der Waals surface area contributed by atoms with Crippen molar-refractivity contribution in [3.05, 3.63) is 51.7 Å². The van der Waals surface area contributed by atoms with E-state index in [9.17, 15) is 5.11 Å². The van der Waals surface area contributed by atoms with Crippen molar-refractivity contribution in [2.24, 2.45) is 5.10 Å². The first-order valence-corrected chi connectivity index (χ1v) is 6.77. The summed E-state index contributed by atoms with van der Waals surface area (Å²) in [5.74, 6) is 0.299. The molecule has 0 saturated heterocycles. The van der Waals surface area contributed by atoms with Crippen LogP contribution in [0, 0.1) is 6.92 Å². The maximum absolute atomic E-state index is 9.91. The number of benzene rings is 1. The van der Waals surface area contributed by atoms with E-state index >= 15 is 0 Å². The molecule has 0 amide bonds. The highest BCUT2D eigenvalue weighted by atomic mass is 32.1. The van der Waals surface area contributed by atoms with Gasteiger partial charge in [-0.05, 0) is 30.5 Å². The van der Waals surface area contributed by atoms with E-state index in [0.29, 0.717) is 5.75 Å². The smallest absolute Gasteiger partial charge is 0.124 e. The molecule has 1 atom stereocenters. The second kappa shape index (κ2) is 4.46. The summed E-state index contributed by atoms with van der Waals surface area (Å²) in [7, 11) is 0. The Hall–Kier alpha value is -1.81. The van der Waals surface area contributed by atoms with E-state index in [1.54, 1.807) is 17.4 Å². The van der Waals surface area contributed by atoms with E-state index in [2.05, 4.69) is 22.0 Å².